The van der Waals surface area contributed by atoms with Crippen LogP contribution < -0.4 is 0 Å². The molecule has 1 aliphatic heterocycles. The number of halogens is 1. The van der Waals surface area contributed by atoms with Crippen molar-refractivity contribution in [3.63, 3.8) is 0 Å². The first-order chi connectivity index (χ1) is 5.00. The van der Waals surface area contributed by atoms with Crippen molar-refractivity contribution >= 4 is 17.6 Å². The normalized spacial score (nSPS) is 44.2. The van der Waals surface area contributed by atoms with Crippen molar-refractivity contribution in [2.24, 2.45) is 5.92 Å². The molecule has 1 unspecified atom stereocenters. The van der Waals surface area contributed by atoms with Crippen LogP contribution in [0.5, 0.6) is 0 Å². The van der Waals surface area contributed by atoms with Gasteiger partial charge in [-0.1, -0.05) is 6.92 Å². The average Bonchev–Trinajstić information content (AvgIpc) is 2.14. The maximum Gasteiger partial charge on any atom is 0.327 e. The summed E-state index contributed by atoms with van der Waals surface area (Å²) in [5.74, 6) is -0.576. The number of carbonyl (C=O) groups is 1. The second-order valence-corrected chi connectivity index (χ2v) is 3.78. The van der Waals surface area contributed by atoms with E-state index in [0.29, 0.717) is 0 Å². The quantitative estimate of drug-likeness (QED) is 0.471. The van der Waals surface area contributed by atoms with E-state index >= 15 is 0 Å². The van der Waals surface area contributed by atoms with Gasteiger partial charge in [-0.3, -0.25) is 4.79 Å². The van der Waals surface area contributed by atoms with Crippen molar-refractivity contribution in [2.45, 2.75) is 24.8 Å². The molecular weight excluding hydrogens is 168 g/mol. The first-order valence-electron chi connectivity index (χ1n) is 3.51. The molecular formula is C7H11ClO3. The molecule has 4 heteroatoms. The molecule has 0 aromatic carbocycles. The maximum atomic E-state index is 11.0. The fraction of sp³-hybridized carbons (Fsp3) is 0.857. The third kappa shape index (κ3) is 1.23. The van der Waals surface area contributed by atoms with E-state index in [1.54, 1.807) is 13.8 Å². The van der Waals surface area contributed by atoms with Crippen LogP contribution in [0.15, 0.2) is 0 Å². The van der Waals surface area contributed by atoms with E-state index in [0.717, 1.165) is 0 Å². The van der Waals surface area contributed by atoms with Crippen LogP contribution in [-0.2, 0) is 9.53 Å². The summed E-state index contributed by atoms with van der Waals surface area (Å²) < 4.78 is 4.82. The van der Waals surface area contributed by atoms with Gasteiger partial charge >= 0.3 is 5.97 Å². The van der Waals surface area contributed by atoms with Crippen molar-refractivity contribution in [3.05, 3.63) is 0 Å². The minimum absolute atomic E-state index is 0.137. The zero-order valence-corrected chi connectivity index (χ0v) is 7.26. The molecule has 3 atom stereocenters. The van der Waals surface area contributed by atoms with Gasteiger partial charge in [0.15, 0.2) is 0 Å². The van der Waals surface area contributed by atoms with Gasteiger partial charge in [-0.15, -0.1) is 11.6 Å². The number of hydrogen-bond donors (Lipinski definition) is 1. The Bertz CT molecular complexity index is 179. The van der Waals surface area contributed by atoms with Gasteiger partial charge in [-0.2, -0.15) is 0 Å². The number of carbonyl (C=O) groups excluding carboxylic acids is 1. The molecule has 1 aliphatic rings. The fourth-order valence-electron chi connectivity index (χ4n) is 1.09. The minimum atomic E-state index is -0.965. The van der Waals surface area contributed by atoms with E-state index in [1.807, 2.05) is 0 Å². The smallest absolute Gasteiger partial charge is 0.327 e. The Labute approximate surface area is 70.3 Å². The molecule has 0 aliphatic carbocycles. The molecule has 1 N–H and O–H groups in total. The van der Waals surface area contributed by atoms with E-state index in [9.17, 15) is 4.79 Å². The Hall–Kier alpha value is -0.280. The molecule has 1 fully saturated rings. The monoisotopic (exact) mass is 178 g/mol. The van der Waals surface area contributed by atoms with Gasteiger partial charge in [0.1, 0.15) is 11.0 Å². The lowest BCUT2D eigenvalue weighted by Crippen LogP contribution is -2.31. The molecule has 0 aromatic heterocycles. The van der Waals surface area contributed by atoms with Gasteiger partial charge in [0.25, 0.3) is 0 Å². The van der Waals surface area contributed by atoms with Crippen LogP contribution >= 0.6 is 11.6 Å². The van der Waals surface area contributed by atoms with Crippen molar-refractivity contribution in [3.8, 4) is 0 Å². The lowest BCUT2D eigenvalue weighted by atomic mass is 9.93. The topological polar surface area (TPSA) is 46.5 Å². The van der Waals surface area contributed by atoms with Crippen LogP contribution in [0.1, 0.15) is 13.8 Å². The number of alkyl halides is 1. The summed E-state index contributed by atoms with van der Waals surface area (Å²) in [6.45, 7) is 3.24. The maximum absolute atomic E-state index is 11.0. The fourth-order valence-corrected chi connectivity index (χ4v) is 1.27. The largest absolute Gasteiger partial charge is 0.458 e. The highest BCUT2D eigenvalue weighted by Crippen LogP contribution is 2.36. The van der Waals surface area contributed by atoms with Crippen molar-refractivity contribution in [1.82, 2.24) is 0 Å². The highest BCUT2D eigenvalue weighted by Gasteiger charge is 2.50. The summed E-state index contributed by atoms with van der Waals surface area (Å²) in [4.78, 5) is 10.0. The lowest BCUT2D eigenvalue weighted by molar-refractivity contribution is -0.144. The van der Waals surface area contributed by atoms with Crippen LogP contribution in [0.4, 0.5) is 0 Å². The Morgan fingerprint density at radius 2 is 2.36 bits per heavy atom. The molecule has 0 aromatic rings. The van der Waals surface area contributed by atoms with Crippen molar-refractivity contribution < 1.29 is 14.6 Å². The van der Waals surface area contributed by atoms with E-state index in [-0.39, 0.29) is 12.5 Å². The molecule has 0 bridgehead atoms. The van der Waals surface area contributed by atoms with Crippen LogP contribution in [0.3, 0.4) is 0 Å². The first kappa shape index (κ1) is 8.81. The number of ether oxygens (including phenoxy) is 1. The SMILES string of the molecule is C[C@@H]1C(CO)OC(=O)[C@]1(C)Cl. The molecule has 1 heterocycles. The molecule has 0 spiro atoms. The number of aliphatic hydroxyl groups is 1. The first-order valence-corrected chi connectivity index (χ1v) is 3.88. The highest BCUT2D eigenvalue weighted by molar-refractivity contribution is 6.34. The Kier molecular flexibility index (Phi) is 2.12. The van der Waals surface area contributed by atoms with Crippen molar-refractivity contribution in [2.75, 3.05) is 6.61 Å². The Morgan fingerprint density at radius 3 is 2.55 bits per heavy atom. The predicted octanol–water partition coefficient (Wildman–Crippen LogP) is 0.538. The van der Waals surface area contributed by atoms with E-state index in [4.69, 9.17) is 21.4 Å². The molecule has 3 nitrogen and oxygen atoms in total. The Balaban J connectivity index is 2.80. The second-order valence-electron chi connectivity index (χ2n) is 2.99. The van der Waals surface area contributed by atoms with Gasteiger partial charge in [0.2, 0.25) is 0 Å². The molecule has 0 radical (unpaired) electrons. The van der Waals surface area contributed by atoms with E-state index < -0.39 is 16.9 Å². The summed E-state index contributed by atoms with van der Waals surface area (Å²) in [7, 11) is 0. The zero-order chi connectivity index (χ0) is 8.65. The van der Waals surface area contributed by atoms with Crippen molar-refractivity contribution in [1.29, 1.82) is 0 Å². The summed E-state index contributed by atoms with van der Waals surface area (Å²) in [5.41, 5.74) is 0. The van der Waals surface area contributed by atoms with Gasteiger partial charge < -0.3 is 9.84 Å². The van der Waals surface area contributed by atoms with Gasteiger partial charge in [-0.25, -0.2) is 0 Å². The molecule has 64 valence electrons. The Morgan fingerprint density at radius 1 is 1.82 bits per heavy atom. The summed E-state index contributed by atoms with van der Waals surface area (Å²) in [5, 5.41) is 8.75. The number of rotatable bonds is 1. The van der Waals surface area contributed by atoms with E-state index in [1.165, 1.54) is 0 Å². The average molecular weight is 179 g/mol. The molecule has 1 saturated heterocycles. The summed E-state index contributed by atoms with van der Waals surface area (Å²) in [6, 6.07) is 0. The van der Waals surface area contributed by atoms with Gasteiger partial charge in [-0.05, 0) is 6.92 Å². The van der Waals surface area contributed by atoms with Crippen LogP contribution in [0, 0.1) is 5.92 Å². The number of hydrogen-bond acceptors (Lipinski definition) is 3. The van der Waals surface area contributed by atoms with Gasteiger partial charge in [0, 0.05) is 5.92 Å². The lowest BCUT2D eigenvalue weighted by Gasteiger charge is -2.16. The third-order valence-electron chi connectivity index (χ3n) is 2.25. The molecule has 1 rings (SSSR count). The third-order valence-corrected chi connectivity index (χ3v) is 2.75. The zero-order valence-electron chi connectivity index (χ0n) is 6.50. The predicted molar refractivity (Wildman–Crippen MR) is 40.4 cm³/mol. The molecule has 11 heavy (non-hydrogen) atoms. The number of esters is 1. The molecule has 0 amide bonds. The van der Waals surface area contributed by atoms with Crippen LogP contribution in [-0.4, -0.2) is 28.7 Å². The van der Waals surface area contributed by atoms with E-state index in [2.05, 4.69) is 0 Å². The molecule has 0 saturated carbocycles. The second kappa shape index (κ2) is 2.64. The van der Waals surface area contributed by atoms with Gasteiger partial charge in [0.05, 0.1) is 6.61 Å². The number of aliphatic hydroxyl groups excluding tert-OH is 1. The highest BCUT2D eigenvalue weighted by atomic mass is 35.5. The number of cyclic esters (lactones) is 1. The summed E-state index contributed by atoms with van der Waals surface area (Å²) >= 11 is 5.86. The summed E-state index contributed by atoms with van der Waals surface area (Å²) in [6.07, 6.45) is -0.440. The van der Waals surface area contributed by atoms with Crippen LogP contribution in [0.2, 0.25) is 0 Å². The van der Waals surface area contributed by atoms with Crippen LogP contribution in [0.25, 0.3) is 0 Å². The standard InChI is InChI=1S/C7H11ClO3/c1-4-5(3-9)11-6(10)7(4,2)8/h4-5,9H,3H2,1-2H3/t4-,5?,7-/m1/s1. The minimum Gasteiger partial charge on any atom is -0.458 e.